The summed E-state index contributed by atoms with van der Waals surface area (Å²) in [5.41, 5.74) is 0.751. The van der Waals surface area contributed by atoms with Crippen LogP contribution in [0.3, 0.4) is 0 Å². The van der Waals surface area contributed by atoms with Gasteiger partial charge in [0.15, 0.2) is 0 Å². The number of hydrogen-bond acceptors (Lipinski definition) is 5. The lowest BCUT2D eigenvalue weighted by Gasteiger charge is -2.35. The minimum atomic E-state index is -2.80. The van der Waals surface area contributed by atoms with Gasteiger partial charge in [-0.2, -0.15) is 5.10 Å². The van der Waals surface area contributed by atoms with E-state index >= 15 is 0 Å². The third-order valence-corrected chi connectivity index (χ3v) is 5.66. The molecule has 1 aliphatic rings. The second-order valence-corrected chi connectivity index (χ2v) is 7.64. The standard InChI is InChI=1S/C23H26F2N4O2/c1-2-31-23(30)20-14-26-29(21(20)22(24)25)16-28-12-10-27(11-13-28)15-18-8-5-7-17-6-3-4-9-19(17)18/h3-9,14,22H,2,10-13,15-16H2,1H3. The van der Waals surface area contributed by atoms with Crippen LogP contribution in [0.15, 0.2) is 48.7 Å². The Labute approximate surface area is 180 Å². The molecule has 8 heteroatoms. The van der Waals surface area contributed by atoms with Crippen LogP contribution in [0, 0.1) is 0 Å². The quantitative estimate of drug-likeness (QED) is 0.534. The Balaban J connectivity index is 1.39. The third-order valence-electron chi connectivity index (χ3n) is 5.66. The van der Waals surface area contributed by atoms with Crippen molar-refractivity contribution in [1.82, 2.24) is 19.6 Å². The Morgan fingerprint density at radius 3 is 2.52 bits per heavy atom. The molecule has 31 heavy (non-hydrogen) atoms. The summed E-state index contributed by atoms with van der Waals surface area (Å²) in [6.07, 6.45) is -1.62. The molecule has 0 atom stereocenters. The van der Waals surface area contributed by atoms with Gasteiger partial charge >= 0.3 is 5.97 Å². The van der Waals surface area contributed by atoms with Crippen molar-refractivity contribution in [3.05, 3.63) is 65.5 Å². The summed E-state index contributed by atoms with van der Waals surface area (Å²) in [5, 5.41) is 6.53. The van der Waals surface area contributed by atoms with E-state index < -0.39 is 12.4 Å². The van der Waals surface area contributed by atoms with Crippen LogP contribution >= 0.6 is 0 Å². The van der Waals surface area contributed by atoms with Gasteiger partial charge in [0, 0.05) is 32.7 Å². The SMILES string of the molecule is CCOC(=O)c1cnn(CN2CCN(Cc3cccc4ccccc34)CC2)c1C(F)F. The predicted molar refractivity (Wildman–Crippen MR) is 114 cm³/mol. The van der Waals surface area contributed by atoms with Gasteiger partial charge in [-0.15, -0.1) is 0 Å². The molecule has 0 saturated carbocycles. The summed E-state index contributed by atoms with van der Waals surface area (Å²) < 4.78 is 33.3. The van der Waals surface area contributed by atoms with Crippen LogP contribution in [-0.2, 0) is 18.0 Å². The number of benzene rings is 2. The highest BCUT2D eigenvalue weighted by molar-refractivity contribution is 5.90. The number of ether oxygens (including phenoxy) is 1. The van der Waals surface area contributed by atoms with E-state index in [1.165, 1.54) is 27.2 Å². The second-order valence-electron chi connectivity index (χ2n) is 7.64. The Bertz CT molecular complexity index is 1040. The van der Waals surface area contributed by atoms with Crippen LogP contribution in [0.2, 0.25) is 0 Å². The van der Waals surface area contributed by atoms with Crippen molar-refractivity contribution >= 4 is 16.7 Å². The number of piperazine rings is 1. The molecule has 1 aromatic heterocycles. The molecular weight excluding hydrogens is 402 g/mol. The summed E-state index contributed by atoms with van der Waals surface area (Å²) in [5.74, 6) is -0.760. The maximum atomic E-state index is 13.6. The van der Waals surface area contributed by atoms with Crippen molar-refractivity contribution in [2.45, 2.75) is 26.6 Å². The molecule has 0 bridgehead atoms. The molecule has 0 unspecified atom stereocenters. The lowest BCUT2D eigenvalue weighted by atomic mass is 10.0. The molecule has 0 spiro atoms. The Kier molecular flexibility index (Phi) is 6.58. The molecule has 164 valence electrons. The monoisotopic (exact) mass is 428 g/mol. The minimum absolute atomic E-state index is 0.130. The average Bonchev–Trinajstić information content (AvgIpc) is 3.19. The van der Waals surface area contributed by atoms with Gasteiger partial charge in [0.1, 0.15) is 11.3 Å². The first-order chi connectivity index (χ1) is 15.1. The molecule has 2 aromatic carbocycles. The third kappa shape index (κ3) is 4.75. The van der Waals surface area contributed by atoms with Crippen LogP contribution in [-0.4, -0.2) is 58.3 Å². The summed E-state index contributed by atoms with van der Waals surface area (Å²) in [6, 6.07) is 14.7. The fraction of sp³-hybridized carbons (Fsp3) is 0.391. The molecule has 1 aliphatic heterocycles. The van der Waals surface area contributed by atoms with E-state index in [0.29, 0.717) is 0 Å². The maximum absolute atomic E-state index is 13.6. The van der Waals surface area contributed by atoms with Crippen molar-refractivity contribution in [3.8, 4) is 0 Å². The minimum Gasteiger partial charge on any atom is -0.462 e. The highest BCUT2D eigenvalue weighted by Crippen LogP contribution is 2.25. The van der Waals surface area contributed by atoms with Crippen molar-refractivity contribution < 1.29 is 18.3 Å². The van der Waals surface area contributed by atoms with Crippen molar-refractivity contribution in [2.75, 3.05) is 32.8 Å². The summed E-state index contributed by atoms with van der Waals surface area (Å²) in [6.45, 7) is 5.99. The van der Waals surface area contributed by atoms with Gasteiger partial charge in [-0.1, -0.05) is 42.5 Å². The molecule has 1 fully saturated rings. The maximum Gasteiger partial charge on any atom is 0.341 e. The molecule has 3 aromatic rings. The molecule has 6 nitrogen and oxygen atoms in total. The largest absolute Gasteiger partial charge is 0.462 e. The van der Waals surface area contributed by atoms with E-state index in [4.69, 9.17) is 4.74 Å². The van der Waals surface area contributed by atoms with E-state index in [9.17, 15) is 13.6 Å². The molecule has 0 N–H and O–H groups in total. The van der Waals surface area contributed by atoms with Gasteiger partial charge in [0.05, 0.1) is 19.5 Å². The highest BCUT2D eigenvalue weighted by Gasteiger charge is 2.27. The number of carbonyl (C=O) groups is 1. The van der Waals surface area contributed by atoms with Gasteiger partial charge in [0.25, 0.3) is 6.43 Å². The van der Waals surface area contributed by atoms with Crippen LogP contribution in [0.1, 0.15) is 35.0 Å². The van der Waals surface area contributed by atoms with Crippen LogP contribution < -0.4 is 0 Å². The molecule has 0 amide bonds. The topological polar surface area (TPSA) is 50.6 Å². The van der Waals surface area contributed by atoms with E-state index in [-0.39, 0.29) is 24.5 Å². The Morgan fingerprint density at radius 2 is 1.77 bits per heavy atom. The van der Waals surface area contributed by atoms with Gasteiger partial charge < -0.3 is 4.74 Å². The number of aromatic nitrogens is 2. The number of esters is 1. The number of hydrogen-bond donors (Lipinski definition) is 0. The van der Waals surface area contributed by atoms with Crippen LogP contribution in [0.25, 0.3) is 10.8 Å². The fourth-order valence-corrected chi connectivity index (χ4v) is 4.05. The summed E-state index contributed by atoms with van der Waals surface area (Å²) >= 11 is 0. The Morgan fingerprint density at radius 1 is 1.06 bits per heavy atom. The first kappa shape index (κ1) is 21.4. The van der Waals surface area contributed by atoms with E-state index in [1.54, 1.807) is 6.92 Å². The zero-order valence-electron chi connectivity index (χ0n) is 17.5. The molecule has 4 rings (SSSR count). The number of fused-ring (bicyclic) bond motifs is 1. The molecule has 0 aliphatic carbocycles. The van der Waals surface area contributed by atoms with Gasteiger partial charge in [-0.25, -0.2) is 18.3 Å². The number of rotatable bonds is 7. The van der Waals surface area contributed by atoms with Crippen molar-refractivity contribution in [1.29, 1.82) is 0 Å². The lowest BCUT2D eigenvalue weighted by molar-refractivity contribution is 0.0509. The fourth-order valence-electron chi connectivity index (χ4n) is 4.05. The van der Waals surface area contributed by atoms with E-state index in [2.05, 4.69) is 51.3 Å². The molecule has 2 heterocycles. The number of halogens is 2. The average molecular weight is 428 g/mol. The second kappa shape index (κ2) is 9.53. The molecule has 1 saturated heterocycles. The zero-order chi connectivity index (χ0) is 21.8. The van der Waals surface area contributed by atoms with Gasteiger partial charge in [0.2, 0.25) is 0 Å². The van der Waals surface area contributed by atoms with Gasteiger partial charge in [-0.3, -0.25) is 9.80 Å². The molecular formula is C23H26F2N4O2. The number of alkyl halides is 2. The first-order valence-electron chi connectivity index (χ1n) is 10.5. The van der Waals surface area contributed by atoms with E-state index in [0.717, 1.165) is 32.7 Å². The summed E-state index contributed by atoms with van der Waals surface area (Å²) in [7, 11) is 0. The van der Waals surface area contributed by atoms with Crippen molar-refractivity contribution in [3.63, 3.8) is 0 Å². The normalized spacial score (nSPS) is 15.6. The lowest BCUT2D eigenvalue weighted by Crippen LogP contribution is -2.46. The van der Waals surface area contributed by atoms with Crippen LogP contribution in [0.4, 0.5) is 8.78 Å². The smallest absolute Gasteiger partial charge is 0.341 e. The first-order valence-corrected chi connectivity index (χ1v) is 10.5. The summed E-state index contributed by atoms with van der Waals surface area (Å²) in [4.78, 5) is 16.4. The molecule has 0 radical (unpaired) electrons. The van der Waals surface area contributed by atoms with Crippen molar-refractivity contribution in [2.24, 2.45) is 0 Å². The van der Waals surface area contributed by atoms with Gasteiger partial charge in [-0.05, 0) is 23.3 Å². The van der Waals surface area contributed by atoms with Crippen LogP contribution in [0.5, 0.6) is 0 Å². The number of carbonyl (C=O) groups excluding carboxylic acids is 1. The Hall–Kier alpha value is -2.84. The highest BCUT2D eigenvalue weighted by atomic mass is 19.3. The zero-order valence-corrected chi connectivity index (χ0v) is 17.5. The number of nitrogens with zero attached hydrogens (tertiary/aromatic N) is 4. The van der Waals surface area contributed by atoms with E-state index in [1.807, 2.05) is 6.07 Å². The predicted octanol–water partition coefficient (Wildman–Crippen LogP) is 3.93.